The number of phenols is 1. The fraction of sp³-hybridized carbons (Fsp3) is 0.348. The maximum atomic E-state index is 12.6. The molecule has 2 atom stereocenters. The summed E-state index contributed by atoms with van der Waals surface area (Å²) in [7, 11) is 1.46. The van der Waals surface area contributed by atoms with E-state index >= 15 is 0 Å². The molecular weight excluding hydrogens is 416 g/mol. The Bertz CT molecular complexity index is 918. The zero-order valence-electron chi connectivity index (χ0n) is 17.8. The van der Waals surface area contributed by atoms with Crippen LogP contribution < -0.4 is 15.4 Å². The quantitative estimate of drug-likeness (QED) is 0.293. The van der Waals surface area contributed by atoms with E-state index in [1.165, 1.54) is 13.2 Å². The van der Waals surface area contributed by atoms with E-state index in [1.807, 2.05) is 0 Å². The third kappa shape index (κ3) is 7.92. The highest BCUT2D eigenvalue weighted by atomic mass is 16.5. The van der Waals surface area contributed by atoms with Crippen molar-refractivity contribution in [2.45, 2.75) is 37.8 Å². The third-order valence-electron chi connectivity index (χ3n) is 4.87. The molecule has 9 nitrogen and oxygen atoms in total. The van der Waals surface area contributed by atoms with Gasteiger partial charge in [0.05, 0.1) is 19.6 Å². The number of benzene rings is 2. The Labute approximate surface area is 186 Å². The minimum Gasteiger partial charge on any atom is -0.504 e. The Kier molecular flexibility index (Phi) is 9.49. The summed E-state index contributed by atoms with van der Waals surface area (Å²) in [6.07, 6.45) is 0.807. The molecule has 0 unspecified atom stereocenters. The summed E-state index contributed by atoms with van der Waals surface area (Å²) >= 11 is 0. The molecule has 0 aliphatic rings. The SMILES string of the molecule is COc1cc(CCCN[C@@H](CC(=O)O)C(=O)N[C@@H](Cc2ccccc2)C(=O)O)ccc1O. The maximum absolute atomic E-state index is 12.6. The van der Waals surface area contributed by atoms with Crippen molar-refractivity contribution in [3.8, 4) is 11.5 Å². The zero-order valence-corrected chi connectivity index (χ0v) is 17.8. The lowest BCUT2D eigenvalue weighted by Gasteiger charge is -2.20. The predicted molar refractivity (Wildman–Crippen MR) is 117 cm³/mol. The van der Waals surface area contributed by atoms with Crippen LogP contribution in [0.4, 0.5) is 0 Å². The van der Waals surface area contributed by atoms with Crippen LogP contribution in [0.1, 0.15) is 24.0 Å². The number of amides is 1. The van der Waals surface area contributed by atoms with E-state index in [4.69, 9.17) is 9.84 Å². The van der Waals surface area contributed by atoms with Crippen LogP contribution >= 0.6 is 0 Å². The van der Waals surface area contributed by atoms with Crippen molar-refractivity contribution in [3.63, 3.8) is 0 Å². The number of nitrogens with one attached hydrogen (secondary N) is 2. The largest absolute Gasteiger partial charge is 0.504 e. The monoisotopic (exact) mass is 444 g/mol. The second-order valence-corrected chi connectivity index (χ2v) is 7.30. The standard InChI is InChI=1S/C23H28N2O7/c1-32-20-13-16(9-10-19(20)26)8-5-11-24-17(14-21(27)28)22(29)25-18(23(30)31)12-15-6-3-2-4-7-15/h2-4,6-7,9-10,13,17-18,24,26H,5,8,11-12,14H2,1H3,(H,25,29)(H,27,28)(H,30,31)/t17-,18-/m0/s1. The molecule has 0 saturated heterocycles. The molecule has 0 aliphatic heterocycles. The van der Waals surface area contributed by atoms with Crippen LogP contribution in [0.15, 0.2) is 48.5 Å². The summed E-state index contributed by atoms with van der Waals surface area (Å²) < 4.78 is 5.07. The molecule has 0 saturated carbocycles. The number of phenolic OH excluding ortho intramolecular Hbond substituents is 1. The highest BCUT2D eigenvalue weighted by Gasteiger charge is 2.26. The Hall–Kier alpha value is -3.59. The molecule has 1 amide bonds. The summed E-state index contributed by atoms with van der Waals surface area (Å²) in [6, 6.07) is 11.6. The van der Waals surface area contributed by atoms with E-state index in [1.54, 1.807) is 42.5 Å². The average molecular weight is 444 g/mol. The van der Waals surface area contributed by atoms with E-state index in [0.29, 0.717) is 25.1 Å². The third-order valence-corrected chi connectivity index (χ3v) is 4.87. The van der Waals surface area contributed by atoms with Crippen molar-refractivity contribution in [1.29, 1.82) is 0 Å². The minimum atomic E-state index is -1.20. The van der Waals surface area contributed by atoms with Crippen LogP contribution in [-0.2, 0) is 27.2 Å². The molecule has 0 radical (unpaired) electrons. The number of aliphatic carboxylic acids is 2. The number of carbonyl (C=O) groups excluding carboxylic acids is 1. The summed E-state index contributed by atoms with van der Waals surface area (Å²) in [6.45, 7) is 0.338. The average Bonchev–Trinajstić information content (AvgIpc) is 2.76. The molecule has 0 spiro atoms. The summed E-state index contributed by atoms with van der Waals surface area (Å²) in [4.78, 5) is 35.4. The van der Waals surface area contributed by atoms with Crippen LogP contribution in [0, 0.1) is 0 Å². The van der Waals surface area contributed by atoms with Gasteiger partial charge < -0.3 is 30.7 Å². The molecule has 0 bridgehead atoms. The number of aromatic hydroxyl groups is 1. The number of ether oxygens (including phenoxy) is 1. The van der Waals surface area contributed by atoms with Gasteiger partial charge in [0.25, 0.3) is 0 Å². The second kappa shape index (κ2) is 12.3. The number of methoxy groups -OCH3 is 1. The van der Waals surface area contributed by atoms with Crippen molar-refractivity contribution >= 4 is 17.8 Å². The van der Waals surface area contributed by atoms with Crippen LogP contribution in [0.25, 0.3) is 0 Å². The Morgan fingerprint density at radius 2 is 1.72 bits per heavy atom. The molecule has 172 valence electrons. The summed E-state index contributed by atoms with van der Waals surface area (Å²) in [5, 5.41) is 33.6. The van der Waals surface area contributed by atoms with Crippen LogP contribution in [-0.4, -0.2) is 58.9 Å². The smallest absolute Gasteiger partial charge is 0.326 e. The number of hydrogen-bond donors (Lipinski definition) is 5. The molecular formula is C23H28N2O7. The summed E-state index contributed by atoms with van der Waals surface area (Å²) in [5.41, 5.74) is 1.65. The number of carboxylic acid groups (broad SMARTS) is 2. The molecule has 2 rings (SSSR count). The lowest BCUT2D eigenvalue weighted by atomic mass is 10.0. The molecule has 0 fully saturated rings. The number of aryl methyl sites for hydroxylation is 1. The van der Waals surface area contributed by atoms with Crippen LogP contribution in [0.3, 0.4) is 0 Å². The normalized spacial score (nSPS) is 12.5. The van der Waals surface area contributed by atoms with E-state index in [0.717, 1.165) is 11.1 Å². The molecule has 0 aromatic heterocycles. The van der Waals surface area contributed by atoms with Gasteiger partial charge in [-0.1, -0.05) is 36.4 Å². The van der Waals surface area contributed by atoms with Crippen LogP contribution in [0.2, 0.25) is 0 Å². The first-order chi connectivity index (χ1) is 15.3. The van der Waals surface area contributed by atoms with Gasteiger partial charge in [0, 0.05) is 6.42 Å². The Balaban J connectivity index is 1.93. The highest BCUT2D eigenvalue weighted by molar-refractivity contribution is 5.89. The summed E-state index contributed by atoms with van der Waals surface area (Å²) in [5.74, 6) is -2.65. The van der Waals surface area contributed by atoms with E-state index in [2.05, 4.69) is 10.6 Å². The van der Waals surface area contributed by atoms with Gasteiger partial charge in [0.15, 0.2) is 11.5 Å². The lowest BCUT2D eigenvalue weighted by molar-refractivity contribution is -0.143. The maximum Gasteiger partial charge on any atom is 0.326 e. The minimum absolute atomic E-state index is 0.0380. The van der Waals surface area contributed by atoms with Gasteiger partial charge in [-0.05, 0) is 42.6 Å². The van der Waals surface area contributed by atoms with Crippen LogP contribution in [0.5, 0.6) is 11.5 Å². The van der Waals surface area contributed by atoms with Crippen molar-refractivity contribution in [2.24, 2.45) is 0 Å². The topological polar surface area (TPSA) is 145 Å². The van der Waals surface area contributed by atoms with Gasteiger partial charge in [-0.2, -0.15) is 0 Å². The van der Waals surface area contributed by atoms with Crippen molar-refractivity contribution < 1.29 is 34.4 Å². The van der Waals surface area contributed by atoms with Crippen molar-refractivity contribution in [2.75, 3.05) is 13.7 Å². The first-order valence-electron chi connectivity index (χ1n) is 10.2. The molecule has 2 aromatic carbocycles. The Morgan fingerprint density at radius 1 is 1.00 bits per heavy atom. The second-order valence-electron chi connectivity index (χ2n) is 7.30. The predicted octanol–water partition coefficient (Wildman–Crippen LogP) is 1.58. The van der Waals surface area contributed by atoms with Gasteiger partial charge >= 0.3 is 11.9 Å². The van der Waals surface area contributed by atoms with Gasteiger partial charge in [0.1, 0.15) is 6.04 Å². The lowest BCUT2D eigenvalue weighted by Crippen LogP contribution is -2.51. The Morgan fingerprint density at radius 3 is 2.34 bits per heavy atom. The molecule has 0 heterocycles. The van der Waals surface area contributed by atoms with E-state index in [9.17, 15) is 24.6 Å². The molecule has 5 N–H and O–H groups in total. The number of carboxylic acids is 2. The number of hydrogen-bond acceptors (Lipinski definition) is 6. The first kappa shape index (κ1) is 24.7. The fourth-order valence-corrected chi connectivity index (χ4v) is 3.20. The number of carbonyl (C=O) groups is 3. The highest BCUT2D eigenvalue weighted by Crippen LogP contribution is 2.26. The van der Waals surface area contributed by atoms with Gasteiger partial charge in [-0.15, -0.1) is 0 Å². The van der Waals surface area contributed by atoms with Gasteiger partial charge in [-0.25, -0.2) is 4.79 Å². The fourth-order valence-electron chi connectivity index (χ4n) is 3.20. The molecule has 0 aliphatic carbocycles. The van der Waals surface area contributed by atoms with E-state index < -0.39 is 36.4 Å². The number of rotatable bonds is 13. The van der Waals surface area contributed by atoms with E-state index in [-0.39, 0.29) is 12.2 Å². The zero-order chi connectivity index (χ0) is 23.5. The first-order valence-corrected chi connectivity index (χ1v) is 10.2. The van der Waals surface area contributed by atoms with Gasteiger partial charge in [0.2, 0.25) is 5.91 Å². The van der Waals surface area contributed by atoms with Crippen molar-refractivity contribution in [3.05, 3.63) is 59.7 Å². The molecule has 32 heavy (non-hydrogen) atoms. The molecule has 2 aromatic rings. The van der Waals surface area contributed by atoms with Crippen molar-refractivity contribution in [1.82, 2.24) is 10.6 Å². The van der Waals surface area contributed by atoms with Gasteiger partial charge in [-0.3, -0.25) is 9.59 Å². The molecule has 9 heteroatoms.